The van der Waals surface area contributed by atoms with Crippen LogP contribution in [0.2, 0.25) is 0 Å². The minimum atomic E-state index is -3.84. The number of primary sulfonamides is 1. The van der Waals surface area contributed by atoms with Crippen LogP contribution >= 0.6 is 0 Å². The summed E-state index contributed by atoms with van der Waals surface area (Å²) in [6.45, 7) is 2.11. The molecule has 176 valence electrons. The van der Waals surface area contributed by atoms with E-state index >= 15 is 0 Å². The van der Waals surface area contributed by atoms with E-state index in [4.69, 9.17) is 9.88 Å². The maximum atomic E-state index is 13.0. The summed E-state index contributed by atoms with van der Waals surface area (Å²) in [5.41, 5.74) is 0.697. The fraction of sp³-hybridized carbons (Fsp3) is 0.318. The fourth-order valence-electron chi connectivity index (χ4n) is 3.39. The van der Waals surface area contributed by atoms with E-state index in [1.165, 1.54) is 55.5 Å². The SMILES string of the molecule is C[C@@H](OC(=O)C1CCN(C(=O)c2ccc(F)cc2)CC1)C(=O)Nc1ccc(S(N)(=O)=O)cc1. The molecule has 3 rings (SSSR count). The summed E-state index contributed by atoms with van der Waals surface area (Å²) >= 11 is 0. The number of nitrogens with zero attached hydrogens (tertiary/aromatic N) is 1. The first-order valence-electron chi connectivity index (χ1n) is 10.2. The monoisotopic (exact) mass is 477 g/mol. The van der Waals surface area contributed by atoms with E-state index in [-0.39, 0.29) is 10.8 Å². The van der Waals surface area contributed by atoms with Gasteiger partial charge in [0.15, 0.2) is 6.10 Å². The van der Waals surface area contributed by atoms with E-state index in [0.717, 1.165) is 0 Å². The third-order valence-corrected chi connectivity index (χ3v) is 6.25. The molecule has 1 saturated heterocycles. The molecule has 0 aromatic heterocycles. The van der Waals surface area contributed by atoms with Gasteiger partial charge in [0.05, 0.1) is 10.8 Å². The van der Waals surface area contributed by atoms with Crippen LogP contribution in [0.4, 0.5) is 10.1 Å². The summed E-state index contributed by atoms with van der Waals surface area (Å²) in [6, 6.07) is 10.5. The maximum Gasteiger partial charge on any atom is 0.309 e. The van der Waals surface area contributed by atoms with Crippen LogP contribution in [0.25, 0.3) is 0 Å². The number of hydrogen-bond donors (Lipinski definition) is 2. The van der Waals surface area contributed by atoms with Crippen LogP contribution in [0, 0.1) is 11.7 Å². The van der Waals surface area contributed by atoms with Crippen LogP contribution in [0.5, 0.6) is 0 Å². The van der Waals surface area contributed by atoms with Gasteiger partial charge in [-0.05, 0) is 68.3 Å². The predicted octanol–water partition coefficient (Wildman–Crippen LogP) is 1.90. The second-order valence-corrected chi connectivity index (χ2v) is 9.27. The number of carbonyl (C=O) groups is 3. The van der Waals surface area contributed by atoms with Crippen LogP contribution in [0.3, 0.4) is 0 Å². The number of nitrogens with one attached hydrogen (secondary N) is 1. The number of sulfonamides is 1. The molecule has 1 aliphatic rings. The second kappa shape index (κ2) is 10.1. The molecule has 1 fully saturated rings. The van der Waals surface area contributed by atoms with Crippen molar-refractivity contribution in [2.24, 2.45) is 11.1 Å². The molecule has 11 heteroatoms. The molecule has 1 aliphatic heterocycles. The quantitative estimate of drug-likeness (QED) is 0.610. The van der Waals surface area contributed by atoms with E-state index in [2.05, 4.69) is 5.32 Å². The Bertz CT molecular complexity index is 1130. The Kier molecular flexibility index (Phi) is 7.44. The highest BCUT2D eigenvalue weighted by atomic mass is 32.2. The lowest BCUT2D eigenvalue weighted by atomic mass is 9.96. The fourth-order valence-corrected chi connectivity index (χ4v) is 3.90. The third kappa shape index (κ3) is 6.36. The molecule has 0 radical (unpaired) electrons. The Hall–Kier alpha value is -3.31. The minimum absolute atomic E-state index is 0.0933. The molecule has 2 aromatic carbocycles. The number of rotatable bonds is 6. The van der Waals surface area contributed by atoms with Gasteiger partial charge in [0.25, 0.3) is 11.8 Å². The Morgan fingerprint density at radius 3 is 2.18 bits per heavy atom. The van der Waals surface area contributed by atoms with Crippen molar-refractivity contribution in [1.82, 2.24) is 4.90 Å². The molecule has 9 nitrogen and oxygen atoms in total. The van der Waals surface area contributed by atoms with Gasteiger partial charge in [-0.1, -0.05) is 0 Å². The molecule has 33 heavy (non-hydrogen) atoms. The van der Waals surface area contributed by atoms with Crippen LogP contribution in [-0.4, -0.2) is 50.3 Å². The average Bonchev–Trinajstić information content (AvgIpc) is 2.79. The summed E-state index contributed by atoms with van der Waals surface area (Å²) in [7, 11) is -3.84. The van der Waals surface area contributed by atoms with Gasteiger partial charge < -0.3 is 15.0 Å². The van der Waals surface area contributed by atoms with Crippen molar-refractivity contribution in [2.75, 3.05) is 18.4 Å². The van der Waals surface area contributed by atoms with Crippen molar-refractivity contribution in [3.8, 4) is 0 Å². The number of anilines is 1. The molecule has 0 spiro atoms. The highest BCUT2D eigenvalue weighted by molar-refractivity contribution is 7.89. The van der Waals surface area contributed by atoms with Crippen molar-refractivity contribution in [3.05, 3.63) is 59.9 Å². The normalized spacial score (nSPS) is 15.5. The number of benzene rings is 2. The number of piperidine rings is 1. The van der Waals surface area contributed by atoms with E-state index in [9.17, 15) is 27.2 Å². The zero-order valence-electron chi connectivity index (χ0n) is 17.9. The predicted molar refractivity (Wildman–Crippen MR) is 117 cm³/mol. The number of amides is 2. The summed E-state index contributed by atoms with van der Waals surface area (Å²) in [6.07, 6.45) is -0.307. The van der Waals surface area contributed by atoms with Crippen LogP contribution in [0.1, 0.15) is 30.1 Å². The van der Waals surface area contributed by atoms with Crippen molar-refractivity contribution in [1.29, 1.82) is 0 Å². The number of carbonyl (C=O) groups excluding carboxylic acids is 3. The zero-order valence-corrected chi connectivity index (χ0v) is 18.7. The van der Waals surface area contributed by atoms with Crippen molar-refractivity contribution in [2.45, 2.75) is 30.8 Å². The number of nitrogens with two attached hydrogens (primary N) is 1. The van der Waals surface area contributed by atoms with Crippen LogP contribution in [0.15, 0.2) is 53.4 Å². The standard InChI is InChI=1S/C22H24FN3O6S/c1-14(20(27)25-18-6-8-19(9-7-18)33(24,30)31)32-22(29)16-10-12-26(13-11-16)21(28)15-2-4-17(23)5-3-15/h2-9,14,16H,10-13H2,1H3,(H,25,27)(H2,24,30,31)/t14-/m1/s1. The number of halogens is 1. The highest BCUT2D eigenvalue weighted by Crippen LogP contribution is 2.21. The average molecular weight is 478 g/mol. The lowest BCUT2D eigenvalue weighted by Crippen LogP contribution is -2.41. The highest BCUT2D eigenvalue weighted by Gasteiger charge is 2.30. The first-order chi connectivity index (χ1) is 15.5. The molecular formula is C22H24FN3O6S. The third-order valence-electron chi connectivity index (χ3n) is 5.32. The molecule has 1 heterocycles. The zero-order chi connectivity index (χ0) is 24.2. The second-order valence-electron chi connectivity index (χ2n) is 7.71. The first-order valence-corrected chi connectivity index (χ1v) is 11.8. The Balaban J connectivity index is 1.48. The van der Waals surface area contributed by atoms with E-state index in [1.807, 2.05) is 0 Å². The van der Waals surface area contributed by atoms with Crippen molar-refractivity contribution in [3.63, 3.8) is 0 Å². The van der Waals surface area contributed by atoms with Gasteiger partial charge in [-0.15, -0.1) is 0 Å². The molecule has 0 saturated carbocycles. The molecule has 0 aliphatic carbocycles. The lowest BCUT2D eigenvalue weighted by Gasteiger charge is -2.31. The molecule has 0 unspecified atom stereocenters. The van der Waals surface area contributed by atoms with Crippen LogP contribution < -0.4 is 10.5 Å². The summed E-state index contributed by atoms with van der Waals surface area (Å²) in [4.78, 5) is 38.8. The molecule has 3 N–H and O–H groups in total. The van der Waals surface area contributed by atoms with Crippen LogP contribution in [-0.2, 0) is 24.3 Å². The van der Waals surface area contributed by atoms with Gasteiger partial charge in [-0.25, -0.2) is 17.9 Å². The van der Waals surface area contributed by atoms with Gasteiger partial charge in [0, 0.05) is 24.3 Å². The molecule has 0 bridgehead atoms. The maximum absolute atomic E-state index is 13.0. The minimum Gasteiger partial charge on any atom is -0.452 e. The molecule has 1 atom stereocenters. The van der Waals surface area contributed by atoms with Crippen molar-refractivity contribution < 1.29 is 31.9 Å². The Morgan fingerprint density at radius 1 is 1.06 bits per heavy atom. The van der Waals surface area contributed by atoms with E-state index in [0.29, 0.717) is 37.2 Å². The van der Waals surface area contributed by atoms with Gasteiger partial charge in [-0.2, -0.15) is 0 Å². The molecule has 2 amide bonds. The summed E-state index contributed by atoms with van der Waals surface area (Å²) < 4.78 is 40.9. The molecule has 2 aromatic rings. The number of hydrogen-bond acceptors (Lipinski definition) is 6. The van der Waals surface area contributed by atoms with Gasteiger partial charge >= 0.3 is 5.97 Å². The lowest BCUT2D eigenvalue weighted by molar-refractivity contribution is -0.158. The Labute approximate surface area is 190 Å². The topological polar surface area (TPSA) is 136 Å². The van der Waals surface area contributed by atoms with Gasteiger partial charge in [0.1, 0.15) is 5.82 Å². The number of likely N-dealkylation sites (tertiary alicyclic amines) is 1. The first kappa shape index (κ1) is 24.3. The smallest absolute Gasteiger partial charge is 0.309 e. The van der Waals surface area contributed by atoms with Gasteiger partial charge in [-0.3, -0.25) is 14.4 Å². The largest absolute Gasteiger partial charge is 0.452 e. The van der Waals surface area contributed by atoms with Crippen molar-refractivity contribution >= 4 is 33.5 Å². The number of ether oxygens (including phenoxy) is 1. The van der Waals surface area contributed by atoms with Gasteiger partial charge in [0.2, 0.25) is 10.0 Å². The van der Waals surface area contributed by atoms with E-state index < -0.39 is 39.7 Å². The summed E-state index contributed by atoms with van der Waals surface area (Å²) in [5, 5.41) is 7.58. The summed E-state index contributed by atoms with van der Waals surface area (Å²) in [5.74, 6) is -2.21. The van der Waals surface area contributed by atoms with E-state index in [1.54, 1.807) is 4.90 Å². The number of esters is 1. The Morgan fingerprint density at radius 2 is 1.64 bits per heavy atom. The molecular weight excluding hydrogens is 453 g/mol.